The number of hydrogen-bond acceptors (Lipinski definition) is 4. The second-order valence-corrected chi connectivity index (χ2v) is 20.1. The molecule has 0 radical (unpaired) electrons. The van der Waals surface area contributed by atoms with Crippen molar-refractivity contribution in [2.24, 2.45) is 0 Å². The molecule has 0 N–H and O–H groups in total. The first-order chi connectivity index (χ1) is 34.7. The Kier molecular flexibility index (Phi) is 7.69. The van der Waals surface area contributed by atoms with E-state index in [1.54, 1.807) is 0 Å². The van der Waals surface area contributed by atoms with E-state index in [9.17, 15) is 0 Å². The zero-order valence-corrected chi connectivity index (χ0v) is 38.5. The molecule has 2 spiro atoms. The van der Waals surface area contributed by atoms with Crippen molar-refractivity contribution in [3.63, 3.8) is 0 Å². The Morgan fingerprint density at radius 3 is 1.60 bits per heavy atom. The fourth-order valence-electron chi connectivity index (χ4n) is 13.2. The number of para-hydroxylation sites is 1. The summed E-state index contributed by atoms with van der Waals surface area (Å²) in [5.41, 5.74) is 18.7. The minimum atomic E-state index is -0.690. The van der Waals surface area contributed by atoms with Gasteiger partial charge in [0.1, 0.15) is 22.7 Å². The summed E-state index contributed by atoms with van der Waals surface area (Å²) in [5, 5.41) is 4.51. The van der Waals surface area contributed by atoms with Gasteiger partial charge in [-0.2, -0.15) is 0 Å². The van der Waals surface area contributed by atoms with Crippen LogP contribution in [0.25, 0.3) is 55.0 Å². The van der Waals surface area contributed by atoms with E-state index in [1.165, 1.54) is 81.8 Å². The molecule has 0 bridgehead atoms. The molecular weight excluding hydrogens is 871 g/mol. The van der Waals surface area contributed by atoms with Gasteiger partial charge >= 0.3 is 0 Å². The average Bonchev–Trinajstić information content (AvgIpc) is 4.05. The largest absolute Gasteiger partial charge is 0.457 e. The molecule has 2 aliphatic heterocycles. The quantitative estimate of drug-likeness (QED) is 0.176. The highest BCUT2D eigenvalue weighted by atomic mass is 32.2. The standard InChI is InChI=1S/C66H39NO2S/c1-2-17-43-40(16-1)32-35-60-64(43)66(51-25-10-5-20-46(51)47-21-6-11-26-52(47)66)54-38-41(33-36-58(54)69-60)67(56-28-15-30-59-63(56)48-22-7-13-29-57(48)68-59)42-34-37-62-55(39-42)65(53-27-12-14-31-61(53)70-62)49-23-8-3-18-44(49)45-19-4-9-24-50(45)65/h1-39H. The van der Waals surface area contributed by atoms with Gasteiger partial charge in [0.05, 0.1) is 21.9 Å². The number of furan rings is 1. The van der Waals surface area contributed by atoms with E-state index in [0.717, 1.165) is 56.1 Å². The lowest BCUT2D eigenvalue weighted by molar-refractivity contribution is 0.438. The molecule has 4 heteroatoms. The van der Waals surface area contributed by atoms with Crippen molar-refractivity contribution in [3.05, 3.63) is 281 Å². The molecule has 2 aliphatic carbocycles. The minimum absolute atomic E-state index is 0.545. The van der Waals surface area contributed by atoms with Gasteiger partial charge in [-0.15, -0.1) is 0 Å². The lowest BCUT2D eigenvalue weighted by atomic mass is 9.65. The first-order valence-electron chi connectivity index (χ1n) is 24.1. The lowest BCUT2D eigenvalue weighted by Crippen LogP contribution is -2.33. The smallest absolute Gasteiger partial charge is 0.137 e. The van der Waals surface area contributed by atoms with Gasteiger partial charge < -0.3 is 14.1 Å². The number of ether oxygens (including phenoxy) is 1. The van der Waals surface area contributed by atoms with Crippen molar-refractivity contribution >= 4 is 61.5 Å². The van der Waals surface area contributed by atoms with E-state index in [-0.39, 0.29) is 0 Å². The summed E-state index contributed by atoms with van der Waals surface area (Å²) in [4.78, 5) is 5.02. The maximum atomic E-state index is 7.17. The molecule has 12 aromatic rings. The van der Waals surface area contributed by atoms with Crippen LogP contribution in [-0.4, -0.2) is 0 Å². The minimum Gasteiger partial charge on any atom is -0.457 e. The molecule has 0 atom stereocenters. The van der Waals surface area contributed by atoms with E-state index in [1.807, 2.05) is 11.8 Å². The normalized spacial score (nSPS) is 14.6. The fourth-order valence-corrected chi connectivity index (χ4v) is 14.3. The Hall–Kier alpha value is -8.57. The molecule has 4 aliphatic rings. The number of hydrogen-bond donors (Lipinski definition) is 0. The lowest BCUT2D eigenvalue weighted by Gasteiger charge is -2.41. The molecule has 11 aromatic carbocycles. The summed E-state index contributed by atoms with van der Waals surface area (Å²) in [6.07, 6.45) is 0. The highest BCUT2D eigenvalue weighted by Gasteiger charge is 2.53. The predicted molar refractivity (Wildman–Crippen MR) is 285 cm³/mol. The number of anilines is 3. The van der Waals surface area contributed by atoms with Crippen LogP contribution < -0.4 is 9.64 Å². The van der Waals surface area contributed by atoms with Crippen LogP contribution >= 0.6 is 11.8 Å². The molecule has 0 fully saturated rings. The zero-order chi connectivity index (χ0) is 45.7. The van der Waals surface area contributed by atoms with Crippen LogP contribution in [0.15, 0.2) is 251 Å². The molecule has 70 heavy (non-hydrogen) atoms. The summed E-state index contributed by atoms with van der Waals surface area (Å²) in [7, 11) is 0. The second-order valence-electron chi connectivity index (χ2n) is 19.0. The van der Waals surface area contributed by atoms with Crippen molar-refractivity contribution in [2.45, 2.75) is 20.6 Å². The van der Waals surface area contributed by atoms with E-state index in [2.05, 4.69) is 241 Å². The molecular formula is C66H39NO2S. The zero-order valence-electron chi connectivity index (χ0n) is 37.7. The topological polar surface area (TPSA) is 25.6 Å². The van der Waals surface area contributed by atoms with Gasteiger partial charge in [-0.05, 0) is 133 Å². The Bertz CT molecular complexity index is 4150. The molecule has 0 unspecified atom stereocenters. The van der Waals surface area contributed by atoms with Crippen molar-refractivity contribution in [2.75, 3.05) is 4.90 Å². The molecule has 0 saturated heterocycles. The van der Waals surface area contributed by atoms with Gasteiger partial charge in [0.15, 0.2) is 0 Å². The predicted octanol–water partition coefficient (Wildman–Crippen LogP) is 17.5. The summed E-state index contributed by atoms with van der Waals surface area (Å²) in [5.74, 6) is 1.73. The SMILES string of the molecule is c1ccc2c(c1)Sc1ccc(N(c3ccc4c(c3)C3(c5ccccc5-c5ccccc53)c3c(ccc5ccccc35)O4)c3cccc4oc5ccccc5c34)cc1C21c2ccccc2-c2ccccc21. The van der Waals surface area contributed by atoms with Crippen LogP contribution in [0.2, 0.25) is 0 Å². The summed E-state index contributed by atoms with van der Waals surface area (Å²) in [6, 6.07) is 87.4. The summed E-state index contributed by atoms with van der Waals surface area (Å²) < 4.78 is 13.8. The number of benzene rings is 11. The van der Waals surface area contributed by atoms with Crippen LogP contribution in [-0.2, 0) is 10.8 Å². The van der Waals surface area contributed by atoms with Crippen molar-refractivity contribution in [1.82, 2.24) is 0 Å². The molecule has 3 nitrogen and oxygen atoms in total. The number of fused-ring (bicyclic) bond motifs is 23. The number of nitrogens with zero attached hydrogens (tertiary/aromatic N) is 1. The molecule has 16 rings (SSSR count). The maximum Gasteiger partial charge on any atom is 0.137 e. The van der Waals surface area contributed by atoms with Gasteiger partial charge in [0, 0.05) is 37.7 Å². The highest BCUT2D eigenvalue weighted by Crippen LogP contribution is 2.66. The van der Waals surface area contributed by atoms with E-state index >= 15 is 0 Å². The maximum absolute atomic E-state index is 7.17. The van der Waals surface area contributed by atoms with Crippen LogP contribution in [0.5, 0.6) is 11.5 Å². The third-order valence-electron chi connectivity index (χ3n) is 15.8. The Labute approximate surface area is 408 Å². The van der Waals surface area contributed by atoms with Gasteiger partial charge in [-0.3, -0.25) is 0 Å². The fraction of sp³-hybridized carbons (Fsp3) is 0.0303. The van der Waals surface area contributed by atoms with E-state index in [0.29, 0.717) is 0 Å². The Balaban J connectivity index is 1.02. The van der Waals surface area contributed by atoms with Crippen molar-refractivity contribution in [3.8, 4) is 33.8 Å². The van der Waals surface area contributed by atoms with Crippen molar-refractivity contribution < 1.29 is 9.15 Å². The van der Waals surface area contributed by atoms with Crippen LogP contribution in [0.4, 0.5) is 17.1 Å². The monoisotopic (exact) mass is 909 g/mol. The molecule has 3 heterocycles. The molecule has 0 saturated carbocycles. The molecule has 326 valence electrons. The molecule has 1 aromatic heterocycles. The van der Waals surface area contributed by atoms with Crippen LogP contribution in [0.3, 0.4) is 0 Å². The van der Waals surface area contributed by atoms with Gasteiger partial charge in [0.25, 0.3) is 0 Å². The first kappa shape index (κ1) is 38.4. The average molecular weight is 910 g/mol. The van der Waals surface area contributed by atoms with E-state index < -0.39 is 10.8 Å². The van der Waals surface area contributed by atoms with E-state index in [4.69, 9.17) is 9.15 Å². The van der Waals surface area contributed by atoms with Crippen LogP contribution in [0, 0.1) is 0 Å². The summed E-state index contributed by atoms with van der Waals surface area (Å²) in [6.45, 7) is 0. The third kappa shape index (κ3) is 4.81. The Morgan fingerprint density at radius 1 is 0.357 bits per heavy atom. The van der Waals surface area contributed by atoms with Gasteiger partial charge in [-0.25, -0.2) is 0 Å². The second kappa shape index (κ2) is 14.0. The number of rotatable bonds is 3. The van der Waals surface area contributed by atoms with Crippen molar-refractivity contribution in [1.29, 1.82) is 0 Å². The highest BCUT2D eigenvalue weighted by molar-refractivity contribution is 7.99. The van der Waals surface area contributed by atoms with Gasteiger partial charge in [0.2, 0.25) is 0 Å². The third-order valence-corrected chi connectivity index (χ3v) is 16.9. The van der Waals surface area contributed by atoms with Crippen LogP contribution in [0.1, 0.15) is 44.5 Å². The van der Waals surface area contributed by atoms with Gasteiger partial charge in [-0.1, -0.05) is 182 Å². The molecule has 0 amide bonds. The first-order valence-corrected chi connectivity index (χ1v) is 24.9. The Morgan fingerprint density at radius 2 is 0.886 bits per heavy atom. The summed E-state index contributed by atoms with van der Waals surface area (Å²) >= 11 is 1.87.